The summed E-state index contributed by atoms with van der Waals surface area (Å²) >= 11 is 0.755. The summed E-state index contributed by atoms with van der Waals surface area (Å²) in [7, 11) is -3.93. The lowest BCUT2D eigenvalue weighted by atomic mass is 10.3. The molecule has 0 saturated heterocycles. The normalized spacial score (nSPS) is 11.2. The van der Waals surface area contributed by atoms with Crippen LogP contribution in [0.25, 0.3) is 0 Å². The number of rotatable bonds is 4. The molecule has 0 aliphatic rings. The van der Waals surface area contributed by atoms with Gasteiger partial charge in [0.05, 0.1) is 9.82 Å². The van der Waals surface area contributed by atoms with Gasteiger partial charge in [-0.25, -0.2) is 8.42 Å². The number of benzene rings is 1. The number of aromatic nitrogens is 3. The van der Waals surface area contributed by atoms with Crippen molar-refractivity contribution in [3.8, 4) is 0 Å². The Balaban J connectivity index is 2.36. The van der Waals surface area contributed by atoms with Crippen LogP contribution in [-0.2, 0) is 10.0 Å². The van der Waals surface area contributed by atoms with Crippen molar-refractivity contribution in [3.63, 3.8) is 0 Å². The molecule has 3 N–H and O–H groups in total. The van der Waals surface area contributed by atoms with Gasteiger partial charge in [-0.15, -0.1) is 0 Å². The number of nitrogen functional groups attached to an aromatic ring is 1. The first-order chi connectivity index (χ1) is 8.90. The minimum absolute atomic E-state index is 0.0167. The van der Waals surface area contributed by atoms with Crippen molar-refractivity contribution in [3.05, 3.63) is 28.3 Å². The molecule has 1 aromatic heterocycles. The maximum Gasteiger partial charge on any atom is 0.292 e. The smallest absolute Gasteiger partial charge is 0.292 e. The minimum atomic E-state index is -3.93. The van der Waals surface area contributed by atoms with Crippen molar-refractivity contribution < 1.29 is 13.3 Å². The van der Waals surface area contributed by atoms with Crippen LogP contribution in [0.2, 0.25) is 0 Å². The molecule has 10 nitrogen and oxygen atoms in total. The van der Waals surface area contributed by atoms with E-state index in [9.17, 15) is 18.5 Å². The van der Waals surface area contributed by atoms with Gasteiger partial charge in [0, 0.05) is 17.6 Å². The number of sulfonamides is 1. The van der Waals surface area contributed by atoms with Gasteiger partial charge < -0.3 is 5.73 Å². The number of nitro benzene ring substituents is 1. The van der Waals surface area contributed by atoms with Crippen LogP contribution in [0.15, 0.2) is 23.1 Å². The zero-order valence-electron chi connectivity index (χ0n) is 9.05. The predicted octanol–water partition coefficient (Wildman–Crippen LogP) is 0.224. The van der Waals surface area contributed by atoms with Gasteiger partial charge in [-0.05, 0) is 17.3 Å². The predicted molar refractivity (Wildman–Crippen MR) is 66.0 cm³/mol. The molecular weight excluding hydrogens is 296 g/mol. The molecule has 0 atom stereocenters. The van der Waals surface area contributed by atoms with Crippen LogP contribution in [0, 0.1) is 10.1 Å². The Morgan fingerprint density at radius 1 is 1.42 bits per heavy atom. The monoisotopic (exact) mass is 302 g/mol. The van der Waals surface area contributed by atoms with Crippen molar-refractivity contribution in [2.75, 3.05) is 10.5 Å². The number of hydrogen-bond donors (Lipinski definition) is 2. The fourth-order valence-corrected chi connectivity index (χ4v) is 2.83. The lowest BCUT2D eigenvalue weighted by Crippen LogP contribution is -2.13. The van der Waals surface area contributed by atoms with Crippen LogP contribution in [0.3, 0.4) is 0 Å². The highest BCUT2D eigenvalue weighted by molar-refractivity contribution is 7.93. The zero-order chi connectivity index (χ0) is 14.0. The van der Waals surface area contributed by atoms with E-state index in [0.717, 1.165) is 29.7 Å². The molecule has 0 aliphatic carbocycles. The third kappa shape index (κ3) is 2.74. The first kappa shape index (κ1) is 13.1. The number of nitrogens with zero attached hydrogens (tertiary/aromatic N) is 4. The van der Waals surface area contributed by atoms with E-state index in [-0.39, 0.29) is 21.4 Å². The number of anilines is 2. The van der Waals surface area contributed by atoms with E-state index in [1.54, 1.807) is 0 Å². The Kier molecular flexibility index (Phi) is 3.26. The van der Waals surface area contributed by atoms with Gasteiger partial charge in [0.25, 0.3) is 15.7 Å². The third-order valence-corrected chi connectivity index (χ3v) is 4.00. The van der Waals surface area contributed by atoms with Crippen LogP contribution in [0.4, 0.5) is 16.5 Å². The fourth-order valence-electron chi connectivity index (χ4n) is 1.21. The Bertz CT molecular complexity index is 713. The molecule has 0 amide bonds. The van der Waals surface area contributed by atoms with Crippen LogP contribution in [0.5, 0.6) is 0 Å². The van der Waals surface area contributed by atoms with Crippen LogP contribution in [-0.4, -0.2) is 28.1 Å². The summed E-state index contributed by atoms with van der Waals surface area (Å²) in [5, 5.41) is 17.2. The third-order valence-electron chi connectivity index (χ3n) is 2.03. The Morgan fingerprint density at radius 3 is 2.68 bits per heavy atom. The van der Waals surface area contributed by atoms with Gasteiger partial charge >= 0.3 is 0 Å². The Morgan fingerprint density at radius 2 is 2.16 bits per heavy atom. The minimum Gasteiger partial charge on any atom is -0.393 e. The summed E-state index contributed by atoms with van der Waals surface area (Å²) in [4.78, 5) is 9.66. The maximum atomic E-state index is 11.9. The van der Waals surface area contributed by atoms with Crippen molar-refractivity contribution in [1.29, 1.82) is 0 Å². The summed E-state index contributed by atoms with van der Waals surface area (Å²) in [6.07, 6.45) is 0. The number of hydrogen-bond acceptors (Lipinski definition) is 9. The quantitative estimate of drug-likeness (QED) is 0.462. The Hall–Kier alpha value is -2.34. The van der Waals surface area contributed by atoms with Crippen LogP contribution in [0.1, 0.15) is 0 Å². The topological polar surface area (TPSA) is 154 Å². The van der Waals surface area contributed by atoms with Crippen molar-refractivity contribution >= 4 is 38.1 Å². The van der Waals surface area contributed by atoms with Gasteiger partial charge in [-0.1, -0.05) is 9.59 Å². The average Bonchev–Trinajstić information content (AvgIpc) is 2.80. The van der Waals surface area contributed by atoms with E-state index in [0.29, 0.717) is 0 Å². The second kappa shape index (κ2) is 4.74. The van der Waals surface area contributed by atoms with E-state index in [1.165, 1.54) is 0 Å². The molecule has 1 heterocycles. The molecule has 19 heavy (non-hydrogen) atoms. The van der Waals surface area contributed by atoms with E-state index in [4.69, 9.17) is 5.73 Å². The molecule has 100 valence electrons. The van der Waals surface area contributed by atoms with Gasteiger partial charge in [0.2, 0.25) is 5.13 Å². The highest BCUT2D eigenvalue weighted by atomic mass is 32.2. The molecule has 1 aromatic carbocycles. The van der Waals surface area contributed by atoms with Crippen LogP contribution < -0.4 is 10.5 Å². The summed E-state index contributed by atoms with van der Waals surface area (Å²) in [6.45, 7) is 0. The molecule has 0 bridgehead atoms. The van der Waals surface area contributed by atoms with E-state index in [1.807, 2.05) is 0 Å². The van der Waals surface area contributed by atoms with Crippen molar-refractivity contribution in [1.82, 2.24) is 14.8 Å². The highest BCUT2D eigenvalue weighted by Gasteiger charge is 2.20. The van der Waals surface area contributed by atoms with Crippen molar-refractivity contribution in [2.24, 2.45) is 0 Å². The summed E-state index contributed by atoms with van der Waals surface area (Å²) in [6, 6.07) is 3.09. The zero-order valence-corrected chi connectivity index (χ0v) is 10.7. The molecular formula is C7H6N6O4S2. The second-order valence-electron chi connectivity index (χ2n) is 3.25. The number of nitro groups is 1. The van der Waals surface area contributed by atoms with E-state index in [2.05, 4.69) is 19.5 Å². The highest BCUT2D eigenvalue weighted by Crippen LogP contribution is 2.25. The molecule has 0 saturated carbocycles. The van der Waals surface area contributed by atoms with Crippen LogP contribution >= 0.6 is 11.5 Å². The maximum absolute atomic E-state index is 11.9. The average molecular weight is 302 g/mol. The summed E-state index contributed by atoms with van der Waals surface area (Å²) in [5.41, 5.74) is 4.81. The largest absolute Gasteiger partial charge is 0.393 e. The molecule has 12 heteroatoms. The van der Waals surface area contributed by atoms with Gasteiger partial charge in [0.1, 0.15) is 5.69 Å². The molecule has 2 rings (SSSR count). The van der Waals surface area contributed by atoms with Crippen molar-refractivity contribution in [2.45, 2.75) is 4.90 Å². The fraction of sp³-hybridized carbons (Fsp3) is 0. The van der Waals surface area contributed by atoms with E-state index < -0.39 is 14.9 Å². The molecule has 0 spiro atoms. The standard InChI is InChI=1S/C7H6N6O4S2/c8-5-3-4(1-2-6(5)13(14)15)19(16,17)10-7-9-11-12-18-7/h1-3H,8H2,(H,9,10,12). The molecule has 0 aliphatic heterocycles. The molecule has 2 aromatic rings. The summed E-state index contributed by atoms with van der Waals surface area (Å²) < 4.78 is 29.3. The first-order valence-electron chi connectivity index (χ1n) is 4.62. The lowest BCUT2D eigenvalue weighted by Gasteiger charge is -2.05. The Labute approximate surface area is 110 Å². The van der Waals surface area contributed by atoms with Gasteiger partial charge in [-0.2, -0.15) is 0 Å². The van der Waals surface area contributed by atoms with Gasteiger partial charge in [0.15, 0.2) is 0 Å². The first-order valence-corrected chi connectivity index (χ1v) is 6.87. The SMILES string of the molecule is Nc1cc(S(=O)(=O)Nc2nnns2)ccc1[N+](=O)[O-]. The molecule has 0 fully saturated rings. The lowest BCUT2D eigenvalue weighted by molar-refractivity contribution is -0.383. The molecule has 0 unspecified atom stereocenters. The number of nitrogens with two attached hydrogens (primary N) is 1. The second-order valence-corrected chi connectivity index (χ2v) is 5.67. The molecule has 0 radical (unpaired) electrons. The van der Waals surface area contributed by atoms with E-state index >= 15 is 0 Å². The summed E-state index contributed by atoms with van der Waals surface area (Å²) in [5.74, 6) is 0. The number of nitrogens with one attached hydrogen (secondary N) is 1. The van der Waals surface area contributed by atoms with Gasteiger partial charge in [-0.3, -0.25) is 14.8 Å².